The van der Waals surface area contributed by atoms with E-state index in [1.165, 1.54) is 13.3 Å². The second kappa shape index (κ2) is 6.08. The molecule has 1 aliphatic carbocycles. The van der Waals surface area contributed by atoms with Crippen molar-refractivity contribution in [2.75, 3.05) is 12.4 Å². The molecule has 1 aromatic carbocycles. The molecule has 2 aromatic heterocycles. The number of nitriles is 1. The maximum atomic E-state index is 12.3. The van der Waals surface area contributed by atoms with Crippen molar-refractivity contribution in [3.63, 3.8) is 0 Å². The van der Waals surface area contributed by atoms with Crippen LogP contribution in [-0.2, 0) is 4.79 Å². The number of aromatic nitrogens is 3. The molecule has 26 heavy (non-hydrogen) atoms. The summed E-state index contributed by atoms with van der Waals surface area (Å²) in [5.41, 5.74) is 1.93. The Labute approximate surface area is 149 Å². The van der Waals surface area contributed by atoms with E-state index in [0.29, 0.717) is 29.8 Å². The highest BCUT2D eigenvalue weighted by atomic mass is 16.5. The Morgan fingerprint density at radius 3 is 2.62 bits per heavy atom. The summed E-state index contributed by atoms with van der Waals surface area (Å²) >= 11 is 0. The second-order valence-corrected chi connectivity index (χ2v) is 6.15. The minimum Gasteiger partial charge on any atom is -0.479 e. The number of pyridine rings is 1. The van der Waals surface area contributed by atoms with Crippen molar-refractivity contribution in [3.8, 4) is 23.1 Å². The van der Waals surface area contributed by atoms with E-state index in [4.69, 9.17) is 10.00 Å². The maximum Gasteiger partial charge on any atom is 0.246 e. The highest BCUT2D eigenvalue weighted by molar-refractivity contribution is 6.00. The minimum atomic E-state index is -0.926. The largest absolute Gasteiger partial charge is 0.479 e. The lowest BCUT2D eigenvalue weighted by Crippen LogP contribution is -2.23. The van der Waals surface area contributed by atoms with Gasteiger partial charge in [0.15, 0.2) is 11.3 Å². The van der Waals surface area contributed by atoms with Crippen LogP contribution >= 0.6 is 0 Å². The Balaban J connectivity index is 1.78. The molecule has 3 aromatic rings. The average molecular weight is 345 g/mol. The summed E-state index contributed by atoms with van der Waals surface area (Å²) < 4.78 is 5.30. The number of fused-ring (bicyclic) bond motifs is 1. The lowest BCUT2D eigenvalue weighted by Gasteiger charge is -2.11. The molecule has 4 rings (SSSR count). The molecule has 128 valence electrons. The summed E-state index contributed by atoms with van der Waals surface area (Å²) in [6.45, 7) is 0. The van der Waals surface area contributed by atoms with E-state index in [-0.39, 0.29) is 11.7 Å². The molecule has 0 radical (unpaired) electrons. The fourth-order valence-electron chi connectivity index (χ4n) is 2.77. The Morgan fingerprint density at radius 1 is 1.19 bits per heavy atom. The molecule has 7 nitrogen and oxygen atoms in total. The minimum absolute atomic E-state index is 0.273. The van der Waals surface area contributed by atoms with Gasteiger partial charge in [-0.15, -0.1) is 0 Å². The molecule has 0 bridgehead atoms. The summed E-state index contributed by atoms with van der Waals surface area (Å²) in [7, 11) is 1.51. The number of nitrogens with zero attached hydrogens (tertiary/aromatic N) is 4. The number of carbonyl (C=O) groups is 1. The molecule has 1 N–H and O–H groups in total. The van der Waals surface area contributed by atoms with Crippen molar-refractivity contribution in [2.45, 2.75) is 12.8 Å². The standard InChI is InChI=1S/C19H15N5O2/c1-26-17-16-15(13(9-22-17)12-5-3-2-4-6-12)21-10-14(23-16)24-18(25)19(11-20)7-8-19/h2-6,9-10H,7-8H2,1H3,(H,23,24,25). The van der Waals surface area contributed by atoms with Crippen molar-refractivity contribution < 1.29 is 9.53 Å². The van der Waals surface area contributed by atoms with Gasteiger partial charge in [0.05, 0.1) is 19.4 Å². The summed E-state index contributed by atoms with van der Waals surface area (Å²) in [5.74, 6) is 0.249. The van der Waals surface area contributed by atoms with E-state index < -0.39 is 5.41 Å². The zero-order valence-electron chi connectivity index (χ0n) is 14.1. The molecule has 7 heteroatoms. The van der Waals surface area contributed by atoms with Crippen LogP contribution in [0.2, 0.25) is 0 Å². The van der Waals surface area contributed by atoms with E-state index >= 15 is 0 Å². The van der Waals surface area contributed by atoms with Crippen LogP contribution in [0, 0.1) is 16.7 Å². The molecule has 0 atom stereocenters. The van der Waals surface area contributed by atoms with Crippen LogP contribution in [0.25, 0.3) is 22.2 Å². The van der Waals surface area contributed by atoms with Crippen LogP contribution in [0.1, 0.15) is 12.8 Å². The summed E-state index contributed by atoms with van der Waals surface area (Å²) in [6, 6.07) is 11.8. The van der Waals surface area contributed by atoms with Crippen LogP contribution in [0.3, 0.4) is 0 Å². The van der Waals surface area contributed by atoms with Crippen molar-refractivity contribution in [1.29, 1.82) is 5.26 Å². The second-order valence-electron chi connectivity index (χ2n) is 6.15. The number of hydrogen-bond acceptors (Lipinski definition) is 6. The molecule has 1 aliphatic rings. The lowest BCUT2D eigenvalue weighted by molar-refractivity contribution is -0.119. The highest BCUT2D eigenvalue weighted by Crippen LogP contribution is 2.45. The monoisotopic (exact) mass is 345 g/mol. The van der Waals surface area contributed by atoms with Gasteiger partial charge in [-0.2, -0.15) is 5.26 Å². The van der Waals surface area contributed by atoms with E-state index in [9.17, 15) is 4.79 Å². The molecule has 1 amide bonds. The predicted octanol–water partition coefficient (Wildman–Crippen LogP) is 2.94. The third-order valence-corrected chi connectivity index (χ3v) is 4.46. The van der Waals surface area contributed by atoms with Gasteiger partial charge in [0, 0.05) is 11.8 Å². The van der Waals surface area contributed by atoms with Crippen molar-refractivity contribution in [2.24, 2.45) is 5.41 Å². The van der Waals surface area contributed by atoms with Crippen LogP contribution in [0.15, 0.2) is 42.7 Å². The predicted molar refractivity (Wildman–Crippen MR) is 95.2 cm³/mol. The quantitative estimate of drug-likeness (QED) is 0.780. The Kier molecular flexibility index (Phi) is 3.73. The van der Waals surface area contributed by atoms with Crippen LogP contribution in [0.5, 0.6) is 5.88 Å². The number of amides is 1. The molecule has 1 fully saturated rings. The first kappa shape index (κ1) is 16.0. The van der Waals surface area contributed by atoms with E-state index in [0.717, 1.165) is 11.1 Å². The van der Waals surface area contributed by atoms with Gasteiger partial charge in [-0.05, 0) is 18.4 Å². The van der Waals surface area contributed by atoms with Gasteiger partial charge in [0.1, 0.15) is 10.9 Å². The van der Waals surface area contributed by atoms with E-state index in [1.54, 1.807) is 6.20 Å². The number of hydrogen-bond donors (Lipinski definition) is 1. The first-order chi connectivity index (χ1) is 12.7. The molecule has 0 spiro atoms. The van der Waals surface area contributed by atoms with Gasteiger partial charge >= 0.3 is 0 Å². The molecule has 0 unspecified atom stereocenters. The van der Waals surface area contributed by atoms with Gasteiger partial charge in [0.25, 0.3) is 0 Å². The average Bonchev–Trinajstić information content (AvgIpc) is 3.49. The lowest BCUT2D eigenvalue weighted by atomic mass is 10.1. The molecular weight excluding hydrogens is 330 g/mol. The zero-order chi connectivity index (χ0) is 18.1. The van der Waals surface area contributed by atoms with Gasteiger partial charge < -0.3 is 10.1 Å². The molecule has 0 saturated heterocycles. The first-order valence-electron chi connectivity index (χ1n) is 8.15. The van der Waals surface area contributed by atoms with Gasteiger partial charge in [-0.3, -0.25) is 4.79 Å². The zero-order valence-corrected chi connectivity index (χ0v) is 14.1. The third kappa shape index (κ3) is 2.62. The Hall–Kier alpha value is -3.53. The third-order valence-electron chi connectivity index (χ3n) is 4.46. The fraction of sp³-hybridized carbons (Fsp3) is 0.211. The smallest absolute Gasteiger partial charge is 0.246 e. The van der Waals surface area contributed by atoms with Gasteiger partial charge in [-0.1, -0.05) is 30.3 Å². The number of benzene rings is 1. The molecule has 1 saturated carbocycles. The topological polar surface area (TPSA) is 101 Å². The van der Waals surface area contributed by atoms with Crippen molar-refractivity contribution >= 4 is 22.8 Å². The Morgan fingerprint density at radius 2 is 1.96 bits per heavy atom. The number of ether oxygens (including phenoxy) is 1. The van der Waals surface area contributed by atoms with Gasteiger partial charge in [0.2, 0.25) is 11.8 Å². The van der Waals surface area contributed by atoms with E-state index in [1.807, 2.05) is 30.3 Å². The van der Waals surface area contributed by atoms with Gasteiger partial charge in [-0.25, -0.2) is 15.0 Å². The summed E-state index contributed by atoms with van der Waals surface area (Å²) in [4.78, 5) is 25.5. The normalized spacial score (nSPS) is 14.5. The highest BCUT2D eigenvalue weighted by Gasteiger charge is 2.50. The number of carbonyl (C=O) groups excluding carboxylic acids is 1. The van der Waals surface area contributed by atoms with Crippen LogP contribution < -0.4 is 10.1 Å². The molecular formula is C19H15N5O2. The number of anilines is 1. The summed E-state index contributed by atoms with van der Waals surface area (Å²) in [5, 5.41) is 11.8. The number of nitrogens with one attached hydrogen (secondary N) is 1. The number of methoxy groups -OCH3 is 1. The Bertz CT molecular complexity index is 1040. The maximum absolute atomic E-state index is 12.3. The first-order valence-corrected chi connectivity index (χ1v) is 8.15. The van der Waals surface area contributed by atoms with Crippen molar-refractivity contribution in [3.05, 3.63) is 42.7 Å². The number of rotatable bonds is 4. The van der Waals surface area contributed by atoms with Crippen molar-refractivity contribution in [1.82, 2.24) is 15.0 Å². The fourth-order valence-corrected chi connectivity index (χ4v) is 2.77. The SMILES string of the molecule is COc1ncc(-c2ccccc2)c2ncc(NC(=O)C3(C#N)CC3)nc12. The molecule has 0 aliphatic heterocycles. The van der Waals surface area contributed by atoms with Crippen LogP contribution in [-0.4, -0.2) is 28.0 Å². The van der Waals surface area contributed by atoms with Crippen LogP contribution in [0.4, 0.5) is 5.82 Å². The van der Waals surface area contributed by atoms with E-state index in [2.05, 4.69) is 26.3 Å². The summed E-state index contributed by atoms with van der Waals surface area (Å²) in [6.07, 6.45) is 4.32. The molecule has 2 heterocycles.